The summed E-state index contributed by atoms with van der Waals surface area (Å²) >= 11 is 0. The van der Waals surface area contributed by atoms with Crippen molar-refractivity contribution in [2.45, 2.75) is 39.3 Å². The summed E-state index contributed by atoms with van der Waals surface area (Å²) in [6.07, 6.45) is 3.53. The molecule has 4 amide bonds. The van der Waals surface area contributed by atoms with Gasteiger partial charge < -0.3 is 38.5 Å². The van der Waals surface area contributed by atoms with E-state index >= 15 is 0 Å². The van der Waals surface area contributed by atoms with Gasteiger partial charge in [-0.2, -0.15) is 7.82 Å². The molecule has 4 heterocycles. The van der Waals surface area contributed by atoms with Gasteiger partial charge in [0.1, 0.15) is 11.4 Å². The van der Waals surface area contributed by atoms with Crippen molar-refractivity contribution in [1.82, 2.24) is 19.2 Å². The van der Waals surface area contributed by atoms with Gasteiger partial charge in [-0.05, 0) is 50.6 Å². The van der Waals surface area contributed by atoms with E-state index in [1.165, 1.54) is 4.90 Å². The smallest absolute Gasteiger partial charge is 0.822 e. The summed E-state index contributed by atoms with van der Waals surface area (Å²) in [5.74, 6) is 0.968. The van der Waals surface area contributed by atoms with E-state index in [2.05, 4.69) is 9.88 Å². The predicted octanol–water partition coefficient (Wildman–Crippen LogP) is -8.05. The third-order valence-electron chi connectivity index (χ3n) is 6.85. The molecule has 0 radical (unpaired) electrons. The van der Waals surface area contributed by atoms with Gasteiger partial charge in [0.25, 0.3) is 0 Å². The maximum Gasteiger partial charge on any atom is 1.00 e. The molecular formula is C28H34K3N6O9P. The number of imidazole rings is 1. The summed E-state index contributed by atoms with van der Waals surface area (Å²) in [5.41, 5.74) is 2.12. The Hall–Kier alpha value is 0.739. The number of imide groups is 1. The molecule has 0 aliphatic carbocycles. The molecule has 5 rings (SSSR count). The average Bonchev–Trinajstić information content (AvgIpc) is 3.38. The van der Waals surface area contributed by atoms with E-state index in [0.29, 0.717) is 37.9 Å². The SMILES string of the molecule is COc1ccc(CN2C(=O)CCN(c3ncc4c(N5CCN(C(=O)OC(C)(C)C)CC5)cccn34)C2=O)cc1.O=P([O-])([O-])[O-].[K+].[K+].[K+]. The first-order valence-corrected chi connectivity index (χ1v) is 15.3. The monoisotopic (exact) mass is 746 g/mol. The molecule has 47 heavy (non-hydrogen) atoms. The summed E-state index contributed by atoms with van der Waals surface area (Å²) < 4.78 is 21.2. The number of hydrogen-bond acceptors (Lipinski definition) is 11. The van der Waals surface area contributed by atoms with Crippen molar-refractivity contribution >= 4 is 43.0 Å². The normalized spacial score (nSPS) is 15.1. The van der Waals surface area contributed by atoms with E-state index in [1.807, 2.05) is 67.8 Å². The zero-order valence-corrected chi connectivity index (χ0v) is 38.1. The maximum absolute atomic E-state index is 13.5. The quantitative estimate of drug-likeness (QED) is 0.178. The van der Waals surface area contributed by atoms with E-state index in [9.17, 15) is 14.4 Å². The van der Waals surface area contributed by atoms with Gasteiger partial charge in [-0.25, -0.2) is 14.6 Å². The number of aromatic nitrogens is 2. The second kappa shape index (κ2) is 20.1. The Balaban J connectivity index is 0.00000129. The zero-order valence-electron chi connectivity index (χ0n) is 27.9. The number of anilines is 2. The van der Waals surface area contributed by atoms with Crippen LogP contribution in [0.3, 0.4) is 0 Å². The molecule has 1 aromatic carbocycles. The second-order valence-corrected chi connectivity index (χ2v) is 12.0. The predicted molar refractivity (Wildman–Crippen MR) is 154 cm³/mol. The first-order chi connectivity index (χ1) is 20.6. The molecule has 0 N–H and O–H groups in total. The number of nitrogens with zero attached hydrogens (tertiary/aromatic N) is 6. The number of urea groups is 1. The van der Waals surface area contributed by atoms with Crippen molar-refractivity contribution in [2.24, 2.45) is 0 Å². The van der Waals surface area contributed by atoms with Crippen LogP contribution in [0.2, 0.25) is 0 Å². The Morgan fingerprint density at radius 2 is 1.55 bits per heavy atom. The number of methoxy groups -OCH3 is 1. The van der Waals surface area contributed by atoms with Gasteiger partial charge in [-0.3, -0.25) is 19.0 Å². The maximum atomic E-state index is 13.5. The number of phosphoric acid groups is 1. The third kappa shape index (κ3) is 13.3. The van der Waals surface area contributed by atoms with Crippen LogP contribution in [0, 0.1) is 0 Å². The first kappa shape index (κ1) is 45.8. The number of pyridine rings is 1. The van der Waals surface area contributed by atoms with Crippen LogP contribution < -0.4 is 183 Å². The van der Waals surface area contributed by atoms with Crippen LogP contribution in [-0.2, 0) is 20.6 Å². The Bertz CT molecular complexity index is 1550. The minimum atomic E-state index is -5.39. The summed E-state index contributed by atoms with van der Waals surface area (Å²) in [6, 6.07) is 10.8. The van der Waals surface area contributed by atoms with Crippen LogP contribution in [-0.4, -0.2) is 82.7 Å². The van der Waals surface area contributed by atoms with Crippen LogP contribution in [0.15, 0.2) is 48.8 Å². The molecule has 19 heteroatoms. The fourth-order valence-corrected chi connectivity index (χ4v) is 4.86. The molecule has 0 saturated carbocycles. The number of piperazine rings is 1. The molecule has 2 aliphatic rings. The van der Waals surface area contributed by atoms with Crippen molar-refractivity contribution in [3.05, 3.63) is 54.4 Å². The number of carbonyl (C=O) groups is 3. The number of hydrogen-bond donors (Lipinski definition) is 0. The van der Waals surface area contributed by atoms with Gasteiger partial charge >= 0.3 is 166 Å². The molecule has 0 bridgehead atoms. The van der Waals surface area contributed by atoms with Gasteiger partial charge in [-0.1, -0.05) is 12.1 Å². The summed E-state index contributed by atoms with van der Waals surface area (Å²) in [7, 11) is -3.80. The van der Waals surface area contributed by atoms with E-state index in [0.717, 1.165) is 16.8 Å². The zero-order chi connectivity index (χ0) is 32.2. The van der Waals surface area contributed by atoms with E-state index < -0.39 is 19.5 Å². The minimum absolute atomic E-state index is 0. The van der Waals surface area contributed by atoms with Crippen LogP contribution >= 0.6 is 7.82 Å². The van der Waals surface area contributed by atoms with Crippen LogP contribution in [0.1, 0.15) is 32.8 Å². The van der Waals surface area contributed by atoms with Crippen molar-refractivity contribution < 1.29 is 197 Å². The molecule has 2 fully saturated rings. The molecule has 2 aliphatic heterocycles. The standard InChI is InChI=1S/C28H34N6O5.3K.H3O4P/c1-28(2,3)39-27(37)31-16-14-30(15-17-31)22-6-5-12-32-23(22)18-29-25(32)33-13-11-24(35)34(26(33)36)19-20-7-9-21(38-4)10-8-20;;;;1-5(2,3)4/h5-10,12,18H,11,13-17,19H2,1-4H3;;;;(H3,1,2,3,4)/q;3*+1;/p-3. The minimum Gasteiger partial charge on any atom is -0.822 e. The topological polar surface area (TPSA) is 186 Å². The molecule has 238 valence electrons. The largest absolute Gasteiger partial charge is 1.00 e. The Morgan fingerprint density at radius 3 is 2.11 bits per heavy atom. The van der Waals surface area contributed by atoms with Crippen molar-refractivity contribution in [3.63, 3.8) is 0 Å². The number of ether oxygens (including phenoxy) is 2. The third-order valence-corrected chi connectivity index (χ3v) is 6.85. The molecule has 2 saturated heterocycles. The Kier molecular flexibility index (Phi) is 19.6. The van der Waals surface area contributed by atoms with E-state index in [1.54, 1.807) is 23.1 Å². The van der Waals surface area contributed by atoms with Crippen LogP contribution in [0.4, 0.5) is 21.2 Å². The number of rotatable bonds is 5. The fraction of sp³-hybridized carbons (Fsp3) is 0.429. The number of benzene rings is 1. The van der Waals surface area contributed by atoms with E-state index in [4.69, 9.17) is 28.7 Å². The van der Waals surface area contributed by atoms with E-state index in [-0.39, 0.29) is 186 Å². The molecule has 3 aromatic rings. The fourth-order valence-electron chi connectivity index (χ4n) is 4.86. The van der Waals surface area contributed by atoms with Gasteiger partial charge in [0.15, 0.2) is 0 Å². The average molecular weight is 747 g/mol. The van der Waals surface area contributed by atoms with Gasteiger partial charge in [0.05, 0.1) is 31.1 Å². The molecule has 0 atom stereocenters. The number of carbonyl (C=O) groups excluding carboxylic acids is 3. The summed E-state index contributed by atoms with van der Waals surface area (Å²) in [6.45, 7) is 8.40. The summed E-state index contributed by atoms with van der Waals surface area (Å²) in [5, 5.41) is 0. The van der Waals surface area contributed by atoms with Crippen molar-refractivity contribution in [3.8, 4) is 5.75 Å². The number of fused-ring (bicyclic) bond motifs is 1. The Morgan fingerprint density at radius 1 is 0.957 bits per heavy atom. The molecule has 15 nitrogen and oxygen atoms in total. The first-order valence-electron chi connectivity index (χ1n) is 13.8. The van der Waals surface area contributed by atoms with Gasteiger partial charge in [0, 0.05) is 45.3 Å². The van der Waals surface area contributed by atoms with Crippen LogP contribution in [0.25, 0.3) is 5.52 Å². The number of amides is 4. The van der Waals surface area contributed by atoms with Gasteiger partial charge in [0.2, 0.25) is 11.9 Å². The van der Waals surface area contributed by atoms with Crippen LogP contribution in [0.5, 0.6) is 5.75 Å². The summed E-state index contributed by atoms with van der Waals surface area (Å²) in [4.78, 5) is 75.7. The molecule has 2 aromatic heterocycles. The molecular weight excluding hydrogens is 713 g/mol. The van der Waals surface area contributed by atoms with Crippen molar-refractivity contribution in [2.75, 3.05) is 49.6 Å². The Labute approximate surface area is 401 Å². The molecule has 0 spiro atoms. The van der Waals surface area contributed by atoms with Crippen molar-refractivity contribution in [1.29, 1.82) is 0 Å². The molecule has 0 unspecified atom stereocenters. The van der Waals surface area contributed by atoms with Gasteiger partial charge in [-0.15, -0.1) is 0 Å². The second-order valence-electron chi connectivity index (χ2n) is 11.1.